The molecule has 1 aromatic carbocycles. The number of amides is 1. The molecule has 0 saturated heterocycles. The first-order chi connectivity index (χ1) is 8.62. The van der Waals surface area contributed by atoms with E-state index in [1.807, 2.05) is 26.8 Å². The predicted octanol–water partition coefficient (Wildman–Crippen LogP) is 4.92. The lowest BCUT2D eigenvalue weighted by Crippen LogP contribution is -2.27. The lowest BCUT2D eigenvalue weighted by atomic mass is 9.90. The van der Waals surface area contributed by atoms with Crippen molar-refractivity contribution in [2.24, 2.45) is 5.41 Å². The van der Waals surface area contributed by atoms with E-state index in [4.69, 9.17) is 0 Å². The Morgan fingerprint density at radius 1 is 1.00 bits per heavy atom. The van der Waals surface area contributed by atoms with Crippen molar-refractivity contribution in [1.29, 1.82) is 0 Å². The summed E-state index contributed by atoms with van der Waals surface area (Å²) < 4.78 is 0. The van der Waals surface area contributed by atoms with Gasteiger partial charge in [-0.1, -0.05) is 54.5 Å². The number of carbonyl (C=O) groups is 1. The van der Waals surface area contributed by atoms with Crippen LogP contribution in [0.15, 0.2) is 18.2 Å². The molecular formula is C17H27NO. The molecule has 0 fully saturated rings. The standard InChI is InChI=1S/C17H27NO/c1-11(2)14-9-8-13(10-15(14)12(3)4)18-16(19)17(5,6)7/h8-12H,1-7H3,(H,18,19). The van der Waals surface area contributed by atoms with Gasteiger partial charge in [0.25, 0.3) is 0 Å². The quantitative estimate of drug-likeness (QED) is 0.822. The van der Waals surface area contributed by atoms with Gasteiger partial charge in [-0.15, -0.1) is 0 Å². The summed E-state index contributed by atoms with van der Waals surface area (Å²) in [5.74, 6) is 1.02. The summed E-state index contributed by atoms with van der Waals surface area (Å²) in [5.41, 5.74) is 3.22. The number of anilines is 1. The summed E-state index contributed by atoms with van der Waals surface area (Å²) in [4.78, 5) is 12.0. The molecule has 0 aromatic heterocycles. The fourth-order valence-corrected chi connectivity index (χ4v) is 2.00. The molecule has 0 unspecified atom stereocenters. The second-order valence-corrected chi connectivity index (χ2v) is 6.86. The molecule has 1 rings (SSSR count). The number of nitrogens with one attached hydrogen (secondary N) is 1. The maximum atomic E-state index is 12.0. The first-order valence-corrected chi connectivity index (χ1v) is 7.08. The zero-order chi connectivity index (χ0) is 14.8. The van der Waals surface area contributed by atoms with Crippen molar-refractivity contribution in [3.63, 3.8) is 0 Å². The first-order valence-electron chi connectivity index (χ1n) is 7.08. The van der Waals surface area contributed by atoms with Gasteiger partial charge < -0.3 is 5.32 Å². The molecule has 0 saturated carbocycles. The Hall–Kier alpha value is -1.31. The SMILES string of the molecule is CC(C)c1ccc(NC(=O)C(C)(C)C)cc1C(C)C. The summed E-state index contributed by atoms with van der Waals surface area (Å²) in [7, 11) is 0. The Bertz CT molecular complexity index is 453. The Labute approximate surface area is 117 Å². The number of rotatable bonds is 3. The first kappa shape index (κ1) is 15.7. The lowest BCUT2D eigenvalue weighted by Gasteiger charge is -2.21. The molecule has 1 amide bonds. The van der Waals surface area contributed by atoms with Crippen LogP contribution in [-0.4, -0.2) is 5.91 Å². The van der Waals surface area contributed by atoms with Crippen molar-refractivity contribution in [3.8, 4) is 0 Å². The van der Waals surface area contributed by atoms with Gasteiger partial charge in [-0.2, -0.15) is 0 Å². The maximum absolute atomic E-state index is 12.0. The fourth-order valence-electron chi connectivity index (χ4n) is 2.00. The summed E-state index contributed by atoms with van der Waals surface area (Å²) in [6.45, 7) is 14.6. The van der Waals surface area contributed by atoms with Crippen molar-refractivity contribution in [2.45, 2.75) is 60.3 Å². The highest BCUT2D eigenvalue weighted by Crippen LogP contribution is 2.29. The molecule has 0 aliphatic heterocycles. The van der Waals surface area contributed by atoms with Gasteiger partial charge in [0, 0.05) is 11.1 Å². The summed E-state index contributed by atoms with van der Waals surface area (Å²) in [6.07, 6.45) is 0. The van der Waals surface area contributed by atoms with Crippen molar-refractivity contribution >= 4 is 11.6 Å². The normalized spacial score (nSPS) is 12.1. The predicted molar refractivity (Wildman–Crippen MR) is 82.7 cm³/mol. The average molecular weight is 261 g/mol. The van der Waals surface area contributed by atoms with Crippen LogP contribution in [0.25, 0.3) is 0 Å². The molecule has 2 heteroatoms. The van der Waals surface area contributed by atoms with Crippen LogP contribution in [0.5, 0.6) is 0 Å². The van der Waals surface area contributed by atoms with E-state index in [1.165, 1.54) is 11.1 Å². The molecule has 0 atom stereocenters. The third kappa shape index (κ3) is 4.09. The number of carbonyl (C=O) groups excluding carboxylic acids is 1. The van der Waals surface area contributed by atoms with Crippen molar-refractivity contribution < 1.29 is 4.79 Å². The van der Waals surface area contributed by atoms with Crippen LogP contribution in [-0.2, 0) is 4.79 Å². The van der Waals surface area contributed by atoms with Gasteiger partial charge in [-0.05, 0) is 35.1 Å². The number of benzene rings is 1. The molecule has 1 aromatic rings. The Kier molecular flexibility index (Phi) is 4.78. The van der Waals surface area contributed by atoms with E-state index in [0.29, 0.717) is 11.8 Å². The minimum absolute atomic E-state index is 0.0551. The smallest absolute Gasteiger partial charge is 0.229 e. The number of hydrogen-bond donors (Lipinski definition) is 1. The van der Waals surface area contributed by atoms with Gasteiger partial charge in [-0.3, -0.25) is 4.79 Å². The van der Waals surface area contributed by atoms with E-state index in [0.717, 1.165) is 5.69 Å². The molecule has 0 spiro atoms. The Morgan fingerprint density at radius 3 is 1.95 bits per heavy atom. The monoisotopic (exact) mass is 261 g/mol. The highest BCUT2D eigenvalue weighted by molar-refractivity contribution is 5.94. The van der Waals surface area contributed by atoms with Gasteiger partial charge in [-0.25, -0.2) is 0 Å². The third-order valence-electron chi connectivity index (χ3n) is 3.27. The topological polar surface area (TPSA) is 29.1 Å². The fraction of sp³-hybridized carbons (Fsp3) is 0.588. The van der Waals surface area contributed by atoms with Crippen LogP contribution >= 0.6 is 0 Å². The summed E-state index contributed by atoms with van der Waals surface area (Å²) >= 11 is 0. The second-order valence-electron chi connectivity index (χ2n) is 6.86. The van der Waals surface area contributed by atoms with Crippen LogP contribution < -0.4 is 5.32 Å². The highest BCUT2D eigenvalue weighted by Gasteiger charge is 2.21. The van der Waals surface area contributed by atoms with Crippen LogP contribution in [0.1, 0.15) is 71.4 Å². The van der Waals surface area contributed by atoms with Gasteiger partial charge in [0.15, 0.2) is 0 Å². The lowest BCUT2D eigenvalue weighted by molar-refractivity contribution is -0.123. The Balaban J connectivity index is 3.06. The highest BCUT2D eigenvalue weighted by atomic mass is 16.2. The third-order valence-corrected chi connectivity index (χ3v) is 3.27. The van der Waals surface area contributed by atoms with Gasteiger partial charge in [0.05, 0.1) is 0 Å². The van der Waals surface area contributed by atoms with E-state index < -0.39 is 0 Å². The second kappa shape index (κ2) is 5.77. The van der Waals surface area contributed by atoms with Gasteiger partial charge >= 0.3 is 0 Å². The molecule has 0 aliphatic rings. The summed E-state index contributed by atoms with van der Waals surface area (Å²) in [6, 6.07) is 6.26. The van der Waals surface area contributed by atoms with Crippen molar-refractivity contribution in [1.82, 2.24) is 0 Å². The van der Waals surface area contributed by atoms with E-state index >= 15 is 0 Å². The molecule has 0 radical (unpaired) electrons. The van der Waals surface area contributed by atoms with Crippen LogP contribution in [0, 0.1) is 5.41 Å². The molecule has 0 aliphatic carbocycles. The number of hydrogen-bond acceptors (Lipinski definition) is 1. The van der Waals surface area contributed by atoms with Crippen LogP contribution in [0.4, 0.5) is 5.69 Å². The molecule has 106 valence electrons. The molecule has 0 heterocycles. The van der Waals surface area contributed by atoms with Gasteiger partial charge in [0.1, 0.15) is 0 Å². The molecular weight excluding hydrogens is 234 g/mol. The molecule has 0 bridgehead atoms. The van der Waals surface area contributed by atoms with Crippen LogP contribution in [0.3, 0.4) is 0 Å². The summed E-state index contributed by atoms with van der Waals surface area (Å²) in [5, 5.41) is 3.00. The molecule has 19 heavy (non-hydrogen) atoms. The van der Waals surface area contributed by atoms with Crippen molar-refractivity contribution in [3.05, 3.63) is 29.3 Å². The largest absolute Gasteiger partial charge is 0.326 e. The average Bonchev–Trinajstić information content (AvgIpc) is 2.27. The van der Waals surface area contributed by atoms with Gasteiger partial charge in [0.2, 0.25) is 5.91 Å². The molecule has 2 nitrogen and oxygen atoms in total. The minimum atomic E-state index is -0.366. The minimum Gasteiger partial charge on any atom is -0.326 e. The zero-order valence-corrected chi connectivity index (χ0v) is 13.3. The maximum Gasteiger partial charge on any atom is 0.229 e. The zero-order valence-electron chi connectivity index (χ0n) is 13.3. The van der Waals surface area contributed by atoms with Crippen molar-refractivity contribution in [2.75, 3.05) is 5.32 Å². The van der Waals surface area contributed by atoms with E-state index in [-0.39, 0.29) is 11.3 Å². The van der Waals surface area contributed by atoms with E-state index in [2.05, 4.69) is 45.1 Å². The Morgan fingerprint density at radius 2 is 1.53 bits per heavy atom. The van der Waals surface area contributed by atoms with E-state index in [1.54, 1.807) is 0 Å². The van der Waals surface area contributed by atoms with E-state index in [9.17, 15) is 4.79 Å². The molecule has 1 N–H and O–H groups in total. The van der Waals surface area contributed by atoms with Crippen LogP contribution in [0.2, 0.25) is 0 Å².